The first-order valence-corrected chi connectivity index (χ1v) is 7.75. The zero-order chi connectivity index (χ0) is 14.6. The van der Waals surface area contributed by atoms with Crippen molar-refractivity contribution in [3.05, 3.63) is 0 Å². The molecule has 1 spiro atoms. The Morgan fingerprint density at radius 2 is 2.05 bits per heavy atom. The fourth-order valence-electron chi connectivity index (χ4n) is 3.32. The molecule has 0 radical (unpaired) electrons. The van der Waals surface area contributed by atoms with Crippen LogP contribution in [0.25, 0.3) is 0 Å². The van der Waals surface area contributed by atoms with Gasteiger partial charge in [-0.3, -0.25) is 4.90 Å². The van der Waals surface area contributed by atoms with Crippen molar-refractivity contribution in [2.75, 3.05) is 40.0 Å². The number of methoxy groups -OCH3 is 1. The number of rotatable bonds is 6. The second kappa shape index (κ2) is 7.18. The largest absolute Gasteiger partial charge is 0.391 e. The van der Waals surface area contributed by atoms with E-state index in [-0.39, 0.29) is 12.1 Å². The van der Waals surface area contributed by atoms with Gasteiger partial charge in [-0.2, -0.15) is 0 Å². The van der Waals surface area contributed by atoms with Crippen molar-refractivity contribution in [1.29, 1.82) is 0 Å². The molecule has 0 amide bonds. The summed E-state index contributed by atoms with van der Waals surface area (Å²) < 4.78 is 16.9. The Balaban J connectivity index is 2.03. The minimum Gasteiger partial charge on any atom is -0.391 e. The van der Waals surface area contributed by atoms with Crippen LogP contribution in [0.15, 0.2) is 0 Å². The Bertz CT molecular complexity index is 292. The van der Waals surface area contributed by atoms with Gasteiger partial charge in [0, 0.05) is 39.1 Å². The summed E-state index contributed by atoms with van der Waals surface area (Å²) in [6.07, 6.45) is 1.99. The maximum absolute atomic E-state index is 10.4. The lowest BCUT2D eigenvalue weighted by atomic mass is 9.86. The molecular formula is C15H29NO4. The first-order chi connectivity index (χ1) is 9.56. The third-order valence-corrected chi connectivity index (χ3v) is 4.25. The van der Waals surface area contributed by atoms with Crippen LogP contribution in [0.1, 0.15) is 33.1 Å². The van der Waals surface area contributed by atoms with Gasteiger partial charge in [-0.15, -0.1) is 0 Å². The van der Waals surface area contributed by atoms with Crippen molar-refractivity contribution < 1.29 is 19.3 Å². The summed E-state index contributed by atoms with van der Waals surface area (Å²) in [6.45, 7) is 8.23. The molecule has 2 rings (SSSR count). The molecule has 1 N–H and O–H groups in total. The van der Waals surface area contributed by atoms with Gasteiger partial charge in [-0.05, 0) is 12.3 Å². The number of ether oxygens (including phenoxy) is 3. The highest BCUT2D eigenvalue weighted by Crippen LogP contribution is 2.38. The van der Waals surface area contributed by atoms with Crippen LogP contribution in [0.4, 0.5) is 0 Å². The van der Waals surface area contributed by atoms with E-state index in [1.807, 2.05) is 0 Å². The summed E-state index contributed by atoms with van der Waals surface area (Å²) in [5, 5.41) is 10.4. The van der Waals surface area contributed by atoms with Gasteiger partial charge in [0.25, 0.3) is 0 Å². The molecule has 5 nitrogen and oxygen atoms in total. The summed E-state index contributed by atoms with van der Waals surface area (Å²) in [7, 11) is 1.72. The monoisotopic (exact) mass is 287 g/mol. The Morgan fingerprint density at radius 3 is 2.65 bits per heavy atom. The molecule has 1 aliphatic heterocycles. The fraction of sp³-hybridized carbons (Fsp3) is 1.00. The van der Waals surface area contributed by atoms with Crippen LogP contribution in [0, 0.1) is 5.92 Å². The van der Waals surface area contributed by atoms with E-state index in [9.17, 15) is 5.11 Å². The highest BCUT2D eigenvalue weighted by Gasteiger charge is 2.46. The number of aliphatic hydroxyl groups is 1. The Hall–Kier alpha value is -0.200. The van der Waals surface area contributed by atoms with E-state index in [0.29, 0.717) is 25.7 Å². The summed E-state index contributed by atoms with van der Waals surface area (Å²) in [5.41, 5.74) is 0. The van der Waals surface area contributed by atoms with Gasteiger partial charge in [-0.25, -0.2) is 0 Å². The van der Waals surface area contributed by atoms with Crippen LogP contribution in [-0.2, 0) is 14.2 Å². The van der Waals surface area contributed by atoms with E-state index in [0.717, 1.165) is 32.4 Å². The third kappa shape index (κ3) is 3.92. The first kappa shape index (κ1) is 16.2. The van der Waals surface area contributed by atoms with Crippen molar-refractivity contribution in [2.45, 2.75) is 51.0 Å². The van der Waals surface area contributed by atoms with Gasteiger partial charge < -0.3 is 19.3 Å². The van der Waals surface area contributed by atoms with Gasteiger partial charge in [0.15, 0.2) is 5.79 Å². The van der Waals surface area contributed by atoms with Gasteiger partial charge in [0.2, 0.25) is 0 Å². The molecule has 1 aliphatic carbocycles. The van der Waals surface area contributed by atoms with Crippen molar-refractivity contribution in [3.8, 4) is 0 Å². The summed E-state index contributed by atoms with van der Waals surface area (Å²) in [5.74, 6) is 0.106. The normalized spacial score (nSPS) is 29.7. The summed E-state index contributed by atoms with van der Waals surface area (Å²) in [4.78, 5) is 2.34. The molecule has 0 aromatic carbocycles. The van der Waals surface area contributed by atoms with Gasteiger partial charge in [0.1, 0.15) is 0 Å². The average Bonchev–Trinajstić information content (AvgIpc) is 2.86. The number of nitrogens with zero attached hydrogens (tertiary/aromatic N) is 1. The quantitative estimate of drug-likeness (QED) is 0.797. The van der Waals surface area contributed by atoms with Crippen LogP contribution in [0.5, 0.6) is 0 Å². The summed E-state index contributed by atoms with van der Waals surface area (Å²) >= 11 is 0. The smallest absolute Gasteiger partial charge is 0.170 e. The molecule has 20 heavy (non-hydrogen) atoms. The molecule has 1 heterocycles. The second-order valence-corrected chi connectivity index (χ2v) is 6.37. The molecule has 2 fully saturated rings. The van der Waals surface area contributed by atoms with E-state index < -0.39 is 5.79 Å². The standard InChI is InChI=1S/C15H29NO4/c1-12(2)11-16(6-7-18-3)13-10-15(5-4-14(13)17)19-8-9-20-15/h12-14,17H,4-11H2,1-3H3. The maximum atomic E-state index is 10.4. The zero-order valence-electron chi connectivity index (χ0n) is 13.0. The average molecular weight is 287 g/mol. The molecule has 1 saturated carbocycles. The van der Waals surface area contributed by atoms with Crippen molar-refractivity contribution in [3.63, 3.8) is 0 Å². The molecule has 0 bridgehead atoms. The first-order valence-electron chi connectivity index (χ1n) is 7.75. The number of hydrogen-bond donors (Lipinski definition) is 1. The van der Waals surface area contributed by atoms with Gasteiger partial charge >= 0.3 is 0 Å². The molecule has 2 atom stereocenters. The molecular weight excluding hydrogens is 258 g/mol. The predicted molar refractivity (Wildman–Crippen MR) is 76.6 cm³/mol. The lowest BCUT2D eigenvalue weighted by molar-refractivity contribution is -0.206. The molecule has 0 aromatic heterocycles. The SMILES string of the molecule is COCCN(CC(C)C)C1CC2(CCC1O)OCCO2. The van der Waals surface area contributed by atoms with Crippen molar-refractivity contribution >= 4 is 0 Å². The Labute approximate surface area is 122 Å². The lowest BCUT2D eigenvalue weighted by Gasteiger charge is -2.44. The Kier molecular flexibility index (Phi) is 5.81. The van der Waals surface area contributed by atoms with Crippen LogP contribution in [0.3, 0.4) is 0 Å². The number of aliphatic hydroxyl groups excluding tert-OH is 1. The van der Waals surface area contributed by atoms with Crippen LogP contribution in [-0.4, -0.2) is 68.0 Å². The molecule has 2 unspecified atom stereocenters. The second-order valence-electron chi connectivity index (χ2n) is 6.37. The molecule has 5 heteroatoms. The third-order valence-electron chi connectivity index (χ3n) is 4.25. The fourth-order valence-corrected chi connectivity index (χ4v) is 3.32. The van der Waals surface area contributed by atoms with E-state index in [2.05, 4.69) is 18.7 Å². The molecule has 2 aliphatic rings. The van der Waals surface area contributed by atoms with Crippen molar-refractivity contribution in [1.82, 2.24) is 4.90 Å². The van der Waals surface area contributed by atoms with Gasteiger partial charge in [-0.1, -0.05) is 13.8 Å². The Morgan fingerprint density at radius 1 is 1.35 bits per heavy atom. The van der Waals surface area contributed by atoms with E-state index in [1.54, 1.807) is 7.11 Å². The molecule has 0 aromatic rings. The van der Waals surface area contributed by atoms with E-state index in [1.165, 1.54) is 0 Å². The lowest BCUT2D eigenvalue weighted by Crippen LogP contribution is -2.54. The van der Waals surface area contributed by atoms with Crippen LogP contribution < -0.4 is 0 Å². The van der Waals surface area contributed by atoms with Crippen LogP contribution in [0.2, 0.25) is 0 Å². The number of hydrogen-bond acceptors (Lipinski definition) is 5. The van der Waals surface area contributed by atoms with E-state index >= 15 is 0 Å². The zero-order valence-corrected chi connectivity index (χ0v) is 13.0. The molecule has 1 saturated heterocycles. The highest BCUT2D eigenvalue weighted by atomic mass is 16.7. The molecule has 118 valence electrons. The van der Waals surface area contributed by atoms with Crippen LogP contribution >= 0.6 is 0 Å². The van der Waals surface area contributed by atoms with Crippen molar-refractivity contribution in [2.24, 2.45) is 5.92 Å². The minimum absolute atomic E-state index is 0.0967. The van der Waals surface area contributed by atoms with Gasteiger partial charge in [0.05, 0.1) is 25.9 Å². The predicted octanol–water partition coefficient (Wildman–Crippen LogP) is 1.25. The highest BCUT2D eigenvalue weighted by molar-refractivity contribution is 4.93. The topological polar surface area (TPSA) is 51.2 Å². The maximum Gasteiger partial charge on any atom is 0.170 e. The van der Waals surface area contributed by atoms with E-state index in [4.69, 9.17) is 14.2 Å². The summed E-state index contributed by atoms with van der Waals surface area (Å²) in [6, 6.07) is 0.0967. The minimum atomic E-state index is -0.452.